The van der Waals surface area contributed by atoms with Crippen LogP contribution < -0.4 is 14.2 Å². The van der Waals surface area contributed by atoms with Gasteiger partial charge in [0.25, 0.3) is 0 Å². The molecule has 0 atom stereocenters. The van der Waals surface area contributed by atoms with E-state index in [1.165, 1.54) is 12.8 Å². The van der Waals surface area contributed by atoms with Crippen molar-refractivity contribution < 1.29 is 17.9 Å². The molecule has 2 rings (SSSR count). The quantitative estimate of drug-likeness (QED) is 0.775. The van der Waals surface area contributed by atoms with Crippen molar-refractivity contribution in [3.05, 3.63) is 23.8 Å². The van der Waals surface area contributed by atoms with Crippen LogP contribution in [0.15, 0.2) is 18.2 Å². The van der Waals surface area contributed by atoms with Crippen molar-refractivity contribution in [1.29, 1.82) is 0 Å². The van der Waals surface area contributed by atoms with Gasteiger partial charge in [0.1, 0.15) is 0 Å². The molecular weight excluding hydrogens is 314 g/mol. The normalized spacial score (nSPS) is 16.8. The maximum atomic E-state index is 12.3. The molecule has 0 saturated heterocycles. The minimum atomic E-state index is -3.25. The molecule has 0 heterocycles. The van der Waals surface area contributed by atoms with Crippen LogP contribution in [0, 0.1) is 0 Å². The van der Waals surface area contributed by atoms with E-state index in [0.717, 1.165) is 31.2 Å². The minimum absolute atomic E-state index is 0.0962. The number of methoxy groups -OCH3 is 2. The van der Waals surface area contributed by atoms with Gasteiger partial charge in [-0.25, -0.2) is 13.1 Å². The Morgan fingerprint density at radius 1 is 1.04 bits per heavy atom. The maximum Gasteiger partial charge on any atom is 0.212 e. The lowest BCUT2D eigenvalue weighted by Gasteiger charge is -2.16. The number of sulfonamides is 1. The summed E-state index contributed by atoms with van der Waals surface area (Å²) in [6, 6.07) is 5.62. The van der Waals surface area contributed by atoms with Gasteiger partial charge >= 0.3 is 0 Å². The fourth-order valence-corrected chi connectivity index (χ4v) is 4.36. The van der Waals surface area contributed by atoms with Crippen LogP contribution in [-0.4, -0.2) is 34.4 Å². The van der Waals surface area contributed by atoms with E-state index < -0.39 is 10.0 Å². The Morgan fingerprint density at radius 2 is 1.70 bits per heavy atom. The molecule has 1 aromatic rings. The number of aryl methyl sites for hydroxylation is 1. The molecule has 1 aliphatic carbocycles. The summed E-state index contributed by atoms with van der Waals surface area (Å²) >= 11 is 0. The zero-order valence-electron chi connectivity index (χ0n) is 14.0. The van der Waals surface area contributed by atoms with Crippen molar-refractivity contribution in [2.75, 3.05) is 20.0 Å². The summed E-state index contributed by atoms with van der Waals surface area (Å²) < 4.78 is 37.9. The van der Waals surface area contributed by atoms with E-state index in [-0.39, 0.29) is 11.8 Å². The highest BCUT2D eigenvalue weighted by molar-refractivity contribution is 7.89. The van der Waals surface area contributed by atoms with Crippen LogP contribution in [0.3, 0.4) is 0 Å². The second kappa shape index (κ2) is 8.55. The minimum Gasteiger partial charge on any atom is -0.493 e. The van der Waals surface area contributed by atoms with Gasteiger partial charge in [0.2, 0.25) is 10.0 Å². The largest absolute Gasteiger partial charge is 0.493 e. The van der Waals surface area contributed by atoms with Gasteiger partial charge in [-0.05, 0) is 37.0 Å². The third-order valence-corrected chi connectivity index (χ3v) is 5.74. The highest BCUT2D eigenvalue weighted by Crippen LogP contribution is 2.27. The molecule has 1 N–H and O–H groups in total. The average molecular weight is 341 g/mol. The fourth-order valence-electron chi connectivity index (χ4n) is 3.00. The number of rotatable bonds is 7. The number of nitrogens with one attached hydrogen (secondary N) is 1. The Hall–Kier alpha value is -1.27. The molecule has 6 heteroatoms. The van der Waals surface area contributed by atoms with Crippen molar-refractivity contribution >= 4 is 10.0 Å². The Morgan fingerprint density at radius 3 is 2.30 bits per heavy atom. The zero-order chi connectivity index (χ0) is 16.7. The van der Waals surface area contributed by atoms with Crippen LogP contribution in [0.4, 0.5) is 0 Å². The molecule has 0 radical (unpaired) electrons. The van der Waals surface area contributed by atoms with E-state index in [4.69, 9.17) is 9.47 Å². The summed E-state index contributed by atoms with van der Waals surface area (Å²) in [7, 11) is -0.0955. The van der Waals surface area contributed by atoms with Crippen molar-refractivity contribution in [3.63, 3.8) is 0 Å². The van der Waals surface area contributed by atoms with Crippen molar-refractivity contribution in [2.45, 2.75) is 51.0 Å². The van der Waals surface area contributed by atoms with E-state index in [1.807, 2.05) is 12.1 Å². The average Bonchev–Trinajstić information content (AvgIpc) is 2.80. The lowest BCUT2D eigenvalue weighted by Crippen LogP contribution is -2.36. The third-order valence-electron chi connectivity index (χ3n) is 4.31. The summed E-state index contributed by atoms with van der Waals surface area (Å²) in [5, 5.41) is 0. The van der Waals surface area contributed by atoms with Crippen LogP contribution in [-0.2, 0) is 16.4 Å². The van der Waals surface area contributed by atoms with Crippen LogP contribution >= 0.6 is 0 Å². The number of hydrogen-bond donors (Lipinski definition) is 1. The van der Waals surface area contributed by atoms with E-state index >= 15 is 0 Å². The molecule has 0 unspecified atom stereocenters. The second-order valence-corrected chi connectivity index (χ2v) is 7.94. The highest BCUT2D eigenvalue weighted by Gasteiger charge is 2.19. The SMILES string of the molecule is COc1ccc(CCS(=O)(=O)NC2CCCCCC2)cc1OC. The summed E-state index contributed by atoms with van der Waals surface area (Å²) in [5.74, 6) is 1.37. The molecule has 0 spiro atoms. The molecule has 23 heavy (non-hydrogen) atoms. The van der Waals surface area contributed by atoms with Crippen LogP contribution in [0.1, 0.15) is 44.1 Å². The predicted molar refractivity (Wildman–Crippen MR) is 91.7 cm³/mol. The van der Waals surface area contributed by atoms with Gasteiger partial charge in [-0.2, -0.15) is 0 Å². The van der Waals surface area contributed by atoms with Crippen LogP contribution in [0.25, 0.3) is 0 Å². The van der Waals surface area contributed by atoms with Gasteiger partial charge in [-0.1, -0.05) is 31.7 Å². The molecule has 1 saturated carbocycles. The van der Waals surface area contributed by atoms with Gasteiger partial charge in [0, 0.05) is 6.04 Å². The molecular formula is C17H27NO4S. The molecule has 0 aliphatic heterocycles. The number of hydrogen-bond acceptors (Lipinski definition) is 4. The smallest absolute Gasteiger partial charge is 0.212 e. The zero-order valence-corrected chi connectivity index (χ0v) is 14.8. The molecule has 1 aliphatic rings. The van der Waals surface area contributed by atoms with Crippen molar-refractivity contribution in [2.24, 2.45) is 0 Å². The first-order chi connectivity index (χ1) is 11.0. The summed E-state index contributed by atoms with van der Waals surface area (Å²) in [5.41, 5.74) is 0.925. The summed E-state index contributed by atoms with van der Waals surface area (Å²) in [6.07, 6.45) is 7.02. The molecule has 1 fully saturated rings. The Labute approximate surface area is 139 Å². The Bertz CT molecular complexity index is 593. The molecule has 1 aromatic carbocycles. The molecule has 0 aromatic heterocycles. The molecule has 130 valence electrons. The third kappa shape index (κ3) is 5.70. The first-order valence-electron chi connectivity index (χ1n) is 8.25. The van der Waals surface area contributed by atoms with Gasteiger partial charge < -0.3 is 9.47 Å². The van der Waals surface area contributed by atoms with Crippen LogP contribution in [0.5, 0.6) is 11.5 Å². The lowest BCUT2D eigenvalue weighted by atomic mass is 10.1. The Kier molecular flexibility index (Phi) is 6.72. The molecule has 5 nitrogen and oxygen atoms in total. The van der Waals surface area contributed by atoms with E-state index in [9.17, 15) is 8.42 Å². The standard InChI is InChI=1S/C17H27NO4S/c1-21-16-10-9-14(13-17(16)22-2)11-12-23(19,20)18-15-7-5-3-4-6-8-15/h9-10,13,15,18H,3-8,11-12H2,1-2H3. The Balaban J connectivity index is 1.93. The predicted octanol–water partition coefficient (Wildman–Crippen LogP) is 2.89. The lowest BCUT2D eigenvalue weighted by molar-refractivity contribution is 0.354. The van der Waals surface area contributed by atoms with Gasteiger partial charge in [-0.15, -0.1) is 0 Å². The summed E-state index contributed by atoms with van der Waals surface area (Å²) in [4.78, 5) is 0. The first kappa shape index (κ1) is 18.1. The van der Waals surface area contributed by atoms with E-state index in [1.54, 1.807) is 20.3 Å². The van der Waals surface area contributed by atoms with Gasteiger partial charge in [0.15, 0.2) is 11.5 Å². The number of benzene rings is 1. The molecule has 0 bridgehead atoms. The second-order valence-electron chi connectivity index (χ2n) is 6.06. The van der Waals surface area contributed by atoms with Crippen molar-refractivity contribution in [1.82, 2.24) is 4.72 Å². The number of ether oxygens (including phenoxy) is 2. The van der Waals surface area contributed by atoms with Gasteiger partial charge in [0.05, 0.1) is 20.0 Å². The fraction of sp³-hybridized carbons (Fsp3) is 0.647. The highest BCUT2D eigenvalue weighted by atomic mass is 32.2. The van der Waals surface area contributed by atoms with Gasteiger partial charge in [-0.3, -0.25) is 0 Å². The van der Waals surface area contributed by atoms with Crippen LogP contribution in [0.2, 0.25) is 0 Å². The molecule has 0 amide bonds. The van der Waals surface area contributed by atoms with E-state index in [2.05, 4.69) is 4.72 Å². The monoisotopic (exact) mass is 341 g/mol. The first-order valence-corrected chi connectivity index (χ1v) is 9.90. The maximum absolute atomic E-state index is 12.3. The van der Waals surface area contributed by atoms with Crippen molar-refractivity contribution in [3.8, 4) is 11.5 Å². The summed E-state index contributed by atoms with van der Waals surface area (Å²) in [6.45, 7) is 0. The topological polar surface area (TPSA) is 64.6 Å². The van der Waals surface area contributed by atoms with E-state index in [0.29, 0.717) is 17.9 Å².